The Bertz CT molecular complexity index is 1110. The highest BCUT2D eigenvalue weighted by molar-refractivity contribution is 7.92. The van der Waals surface area contributed by atoms with Gasteiger partial charge in [-0.05, 0) is 69.4 Å². The SMILES string of the molecule is CCC(C)(C)C(CN(C)OSN(C)C)NC(=O)NC(C(=O)N1CCCC1C(=O)NC(CC1CCC1)C(=O)C(N)=O)C1(C)CCCCC1. The van der Waals surface area contributed by atoms with Crippen LogP contribution < -0.4 is 21.7 Å². The number of hydroxylamine groups is 2. The van der Waals surface area contributed by atoms with Gasteiger partial charge in [0, 0.05) is 20.1 Å². The van der Waals surface area contributed by atoms with E-state index < -0.39 is 47.2 Å². The number of hydrogen-bond donors (Lipinski definition) is 4. The van der Waals surface area contributed by atoms with Gasteiger partial charge in [-0.25, -0.2) is 13.4 Å². The van der Waals surface area contributed by atoms with E-state index in [1.54, 1.807) is 9.96 Å². The number of hydrogen-bond acceptors (Lipinski definition) is 9. The molecule has 0 spiro atoms. The third-order valence-corrected chi connectivity index (χ3v) is 11.3. The molecule has 5 amide bonds. The average molecular weight is 682 g/mol. The molecule has 47 heavy (non-hydrogen) atoms. The first-order valence-corrected chi connectivity index (χ1v) is 18.0. The molecule has 1 saturated heterocycles. The van der Waals surface area contributed by atoms with Gasteiger partial charge in [-0.1, -0.05) is 66.2 Å². The number of urea groups is 1. The summed E-state index contributed by atoms with van der Waals surface area (Å²) in [6.45, 7) is 9.08. The van der Waals surface area contributed by atoms with Crippen molar-refractivity contribution in [3.05, 3.63) is 0 Å². The lowest BCUT2D eigenvalue weighted by molar-refractivity contribution is -0.144. The van der Waals surface area contributed by atoms with E-state index in [1.807, 2.05) is 32.4 Å². The van der Waals surface area contributed by atoms with Crippen molar-refractivity contribution in [2.75, 3.05) is 34.2 Å². The zero-order chi connectivity index (χ0) is 34.9. The molecule has 14 heteroatoms. The summed E-state index contributed by atoms with van der Waals surface area (Å²) in [5, 5.41) is 10.7. The van der Waals surface area contributed by atoms with Gasteiger partial charge in [0.25, 0.3) is 5.91 Å². The van der Waals surface area contributed by atoms with Gasteiger partial charge >= 0.3 is 6.03 Å². The third kappa shape index (κ3) is 10.8. The Hall–Kier alpha value is -2.42. The molecular formula is C33H59N7O6S. The van der Waals surface area contributed by atoms with Crippen LogP contribution in [0.25, 0.3) is 0 Å². The summed E-state index contributed by atoms with van der Waals surface area (Å²) >= 11 is 1.19. The van der Waals surface area contributed by atoms with Gasteiger partial charge in [-0.2, -0.15) is 5.06 Å². The Balaban J connectivity index is 1.79. The van der Waals surface area contributed by atoms with Crippen LogP contribution in [0.15, 0.2) is 0 Å². The summed E-state index contributed by atoms with van der Waals surface area (Å²) < 4.78 is 7.56. The second-order valence-electron chi connectivity index (χ2n) is 14.9. The number of likely N-dealkylation sites (tertiary alicyclic amines) is 1. The molecule has 3 fully saturated rings. The highest BCUT2D eigenvalue weighted by atomic mass is 32.2. The molecule has 4 unspecified atom stereocenters. The highest BCUT2D eigenvalue weighted by Crippen LogP contribution is 2.40. The Morgan fingerprint density at radius 2 is 1.64 bits per heavy atom. The van der Waals surface area contributed by atoms with E-state index in [-0.39, 0.29) is 23.3 Å². The average Bonchev–Trinajstić information content (AvgIpc) is 3.49. The number of likely N-dealkylation sites (N-methyl/N-ethyl adjacent to an activating group) is 1. The fourth-order valence-corrected chi connectivity index (χ4v) is 7.17. The van der Waals surface area contributed by atoms with E-state index in [1.165, 1.54) is 12.2 Å². The third-order valence-electron chi connectivity index (χ3n) is 10.6. The summed E-state index contributed by atoms with van der Waals surface area (Å²) in [7, 11) is 5.57. The predicted molar refractivity (Wildman–Crippen MR) is 182 cm³/mol. The lowest BCUT2D eigenvalue weighted by Gasteiger charge is -2.43. The van der Waals surface area contributed by atoms with Gasteiger partial charge in [-0.3, -0.25) is 19.2 Å². The number of carbonyl (C=O) groups is 5. The molecule has 0 radical (unpaired) electrons. The van der Waals surface area contributed by atoms with E-state index in [4.69, 9.17) is 10.0 Å². The maximum atomic E-state index is 14.5. The zero-order valence-corrected chi connectivity index (χ0v) is 30.4. The molecule has 0 bridgehead atoms. The number of nitrogens with two attached hydrogens (primary N) is 1. The van der Waals surface area contributed by atoms with Crippen molar-refractivity contribution >= 4 is 41.8 Å². The molecule has 0 aromatic rings. The second-order valence-corrected chi connectivity index (χ2v) is 16.0. The molecule has 268 valence electrons. The first-order valence-electron chi connectivity index (χ1n) is 17.3. The molecular weight excluding hydrogens is 622 g/mol. The topological polar surface area (TPSA) is 166 Å². The normalized spacial score (nSPS) is 21.9. The molecule has 2 saturated carbocycles. The number of Topliss-reactive ketones (excluding diaryl/α,β-unsaturated/α-hetero) is 1. The second kappa shape index (κ2) is 17.3. The quantitative estimate of drug-likeness (QED) is 0.0781. The van der Waals surface area contributed by atoms with Crippen molar-refractivity contribution in [3.8, 4) is 0 Å². The Morgan fingerprint density at radius 1 is 0.979 bits per heavy atom. The van der Waals surface area contributed by atoms with E-state index in [9.17, 15) is 24.0 Å². The summed E-state index contributed by atoms with van der Waals surface area (Å²) in [5.41, 5.74) is 4.55. The standard InChI is InChI=1S/C33H59N7O6S/c1-8-32(2,3)25(21-39(7)46-47-38(5)6)36-31(45)37-27(33(4)17-10-9-11-18-33)30(44)40-19-13-16-24(40)29(43)35-23(26(41)28(34)42)20-22-14-12-15-22/h22-25,27H,8-21H2,1-7H3,(H2,34,42)(H,35,43)(H2,36,37,45). The molecule has 13 nitrogen and oxygen atoms in total. The molecule has 3 rings (SSSR count). The lowest BCUT2D eigenvalue weighted by atomic mass is 9.70. The maximum Gasteiger partial charge on any atom is 0.315 e. The molecule has 1 heterocycles. The fraction of sp³-hybridized carbons (Fsp3) is 0.848. The smallest absolute Gasteiger partial charge is 0.315 e. The largest absolute Gasteiger partial charge is 0.363 e. The van der Waals surface area contributed by atoms with Crippen molar-refractivity contribution in [1.82, 2.24) is 30.2 Å². The summed E-state index contributed by atoms with van der Waals surface area (Å²) in [5.74, 6) is -2.40. The summed E-state index contributed by atoms with van der Waals surface area (Å²) in [4.78, 5) is 67.9. The maximum absolute atomic E-state index is 14.5. The predicted octanol–water partition coefficient (Wildman–Crippen LogP) is 3.14. The summed E-state index contributed by atoms with van der Waals surface area (Å²) in [6, 6.07) is -3.40. The number of primary amides is 1. The van der Waals surface area contributed by atoms with Crippen LogP contribution in [0.2, 0.25) is 0 Å². The van der Waals surface area contributed by atoms with E-state index in [2.05, 4.69) is 36.7 Å². The van der Waals surface area contributed by atoms with Crippen LogP contribution in [0.3, 0.4) is 0 Å². The minimum Gasteiger partial charge on any atom is -0.363 e. The first-order chi connectivity index (χ1) is 22.1. The van der Waals surface area contributed by atoms with Crippen LogP contribution >= 0.6 is 12.2 Å². The Morgan fingerprint density at radius 3 is 2.19 bits per heavy atom. The van der Waals surface area contributed by atoms with Crippen molar-refractivity contribution < 1.29 is 28.3 Å². The zero-order valence-electron chi connectivity index (χ0n) is 29.6. The minimum absolute atomic E-state index is 0.253. The van der Waals surface area contributed by atoms with E-state index in [0.29, 0.717) is 32.4 Å². The van der Waals surface area contributed by atoms with Gasteiger partial charge < -0.3 is 26.6 Å². The van der Waals surface area contributed by atoms with Gasteiger partial charge in [0.05, 0.1) is 12.1 Å². The molecule has 5 N–H and O–H groups in total. The van der Waals surface area contributed by atoms with Crippen molar-refractivity contribution in [2.24, 2.45) is 22.5 Å². The van der Waals surface area contributed by atoms with Crippen LogP contribution in [-0.2, 0) is 23.5 Å². The van der Waals surface area contributed by atoms with Crippen molar-refractivity contribution in [3.63, 3.8) is 0 Å². The molecule has 3 aliphatic rings. The number of ketones is 1. The van der Waals surface area contributed by atoms with Gasteiger partial charge in [0.15, 0.2) is 0 Å². The van der Waals surface area contributed by atoms with Crippen LogP contribution in [-0.4, -0.2) is 102 Å². The molecule has 4 atom stereocenters. The summed E-state index contributed by atoms with van der Waals surface area (Å²) in [6.07, 6.45) is 9.64. The highest BCUT2D eigenvalue weighted by Gasteiger charge is 2.47. The minimum atomic E-state index is -1.08. The number of nitrogens with one attached hydrogen (secondary N) is 3. The van der Waals surface area contributed by atoms with E-state index in [0.717, 1.165) is 57.8 Å². The monoisotopic (exact) mass is 681 g/mol. The van der Waals surface area contributed by atoms with Crippen LogP contribution in [0.1, 0.15) is 105 Å². The van der Waals surface area contributed by atoms with Gasteiger partial charge in [0.1, 0.15) is 24.3 Å². The van der Waals surface area contributed by atoms with Gasteiger partial charge in [-0.15, -0.1) is 0 Å². The lowest BCUT2D eigenvalue weighted by Crippen LogP contribution is -2.63. The fourth-order valence-electron chi connectivity index (χ4n) is 6.86. The molecule has 0 aromatic carbocycles. The molecule has 2 aliphatic carbocycles. The molecule has 0 aromatic heterocycles. The van der Waals surface area contributed by atoms with Crippen molar-refractivity contribution in [2.45, 2.75) is 129 Å². The van der Waals surface area contributed by atoms with Crippen molar-refractivity contribution in [1.29, 1.82) is 0 Å². The number of rotatable bonds is 17. The Labute approximate surface area is 285 Å². The van der Waals surface area contributed by atoms with Crippen LogP contribution in [0.4, 0.5) is 4.79 Å². The Kier molecular flexibility index (Phi) is 14.4. The van der Waals surface area contributed by atoms with Crippen LogP contribution in [0, 0.1) is 16.7 Å². The number of carbonyl (C=O) groups excluding carboxylic acids is 5. The number of amides is 5. The van der Waals surface area contributed by atoms with Gasteiger partial charge in [0.2, 0.25) is 17.6 Å². The first kappa shape index (κ1) is 39.0. The molecule has 1 aliphatic heterocycles. The van der Waals surface area contributed by atoms with E-state index >= 15 is 0 Å². The van der Waals surface area contributed by atoms with Crippen LogP contribution in [0.5, 0.6) is 0 Å². The number of nitrogens with zero attached hydrogens (tertiary/aromatic N) is 3.